The smallest absolute Gasteiger partial charge is 0.162 e. The molecular weight excluding hydrogens is 182 g/mol. The Bertz CT molecular complexity index is 181. The summed E-state index contributed by atoms with van der Waals surface area (Å²) in [5.41, 5.74) is -1.72. The van der Waals surface area contributed by atoms with E-state index in [2.05, 4.69) is 0 Å². The zero-order valence-corrected chi connectivity index (χ0v) is 8.08. The lowest BCUT2D eigenvalue weighted by Crippen LogP contribution is -2.40. The van der Waals surface area contributed by atoms with Gasteiger partial charge < -0.3 is 14.4 Å². The van der Waals surface area contributed by atoms with Crippen LogP contribution in [0.2, 0.25) is 0 Å². The van der Waals surface area contributed by atoms with E-state index >= 15 is 0 Å². The summed E-state index contributed by atoms with van der Waals surface area (Å²) in [5.74, 6) is 0. The van der Waals surface area contributed by atoms with E-state index in [-0.39, 0.29) is 6.61 Å². The fourth-order valence-corrected chi connectivity index (χ4v) is 1.45. The fraction of sp³-hybridized carbons (Fsp3) is 1.00. The molecule has 0 bridgehead atoms. The van der Waals surface area contributed by atoms with Gasteiger partial charge in [-0.05, 0) is 13.8 Å². The fourth-order valence-electron chi connectivity index (χ4n) is 1.29. The molecule has 0 aliphatic carbocycles. The molecule has 0 saturated carbocycles. The van der Waals surface area contributed by atoms with Gasteiger partial charge in [0, 0.05) is 9.41 Å². The van der Waals surface area contributed by atoms with Crippen LogP contribution in [0.1, 0.15) is 13.8 Å². The van der Waals surface area contributed by atoms with Crippen LogP contribution in [-0.2, 0) is 9.26 Å². The summed E-state index contributed by atoms with van der Waals surface area (Å²) in [7, 11) is -0.415. The Morgan fingerprint density at radius 2 is 2.58 bits per heavy atom. The molecule has 0 aromatic rings. The largest absolute Gasteiger partial charge is 0.387 e. The van der Waals surface area contributed by atoms with Gasteiger partial charge in [0.1, 0.15) is 12.2 Å². The molecule has 0 radical (unpaired) electrons. The Morgan fingerprint density at radius 1 is 1.92 bits per heavy atom. The van der Waals surface area contributed by atoms with Crippen molar-refractivity contribution in [1.82, 2.24) is 0 Å². The second kappa shape index (κ2) is 3.54. The first-order valence-electron chi connectivity index (χ1n) is 4.31. The van der Waals surface area contributed by atoms with Gasteiger partial charge in [-0.3, -0.25) is 0 Å². The molecule has 5 atom stereocenters. The first-order chi connectivity index (χ1) is 6.00. The molecule has 1 fully saturated rings. The topological polar surface area (TPSA) is 38.7 Å². The molecule has 3 nitrogen and oxygen atoms in total. The van der Waals surface area contributed by atoms with Crippen molar-refractivity contribution in [3.63, 3.8) is 0 Å². The van der Waals surface area contributed by atoms with Crippen LogP contribution in [0.3, 0.4) is 0 Å². The van der Waals surface area contributed by atoms with Gasteiger partial charge in [-0.25, -0.2) is 4.39 Å². The second-order valence-corrected chi connectivity index (χ2v) is 3.51. The number of aliphatic hydroxyl groups excluding tert-OH is 1. The Hall–Kier alpha value is 0.240. The predicted octanol–water partition coefficient (Wildman–Crippen LogP) is 0.669. The molecule has 12 heavy (non-hydrogen) atoms. The number of hydrogen-bond donors (Lipinski definition) is 1. The average molecular weight is 197 g/mol. The third-order valence-electron chi connectivity index (χ3n) is 2.35. The summed E-state index contributed by atoms with van der Waals surface area (Å²) in [4.78, 5) is 0. The van der Waals surface area contributed by atoms with Crippen molar-refractivity contribution in [1.29, 1.82) is 1.28 Å². The highest BCUT2D eigenvalue weighted by atomic mass is 31.0. The predicted molar refractivity (Wildman–Crippen MR) is 45.5 cm³/mol. The number of hydrogen-bond acceptors (Lipinski definition) is 3. The lowest BCUT2D eigenvalue weighted by molar-refractivity contribution is -0.00734. The molecule has 1 unspecified atom stereocenters. The molecular formula is C7H14FO3P. The maximum absolute atomic E-state index is 13.6. The average Bonchev–Trinajstić information content (AvgIpc) is 2.26. The number of ether oxygens (including phenoxy) is 1. The minimum atomic E-state index is -1.72. The lowest BCUT2D eigenvalue weighted by atomic mass is 9.96. The Balaban J connectivity index is 2.52. The summed E-state index contributed by atoms with van der Waals surface area (Å²) in [6.07, 6.45) is -2.45. The van der Waals surface area contributed by atoms with E-state index in [9.17, 15) is 9.50 Å². The summed E-state index contributed by atoms with van der Waals surface area (Å²) in [5, 5.41) is 9.48. The molecule has 72 valence electrons. The number of rotatable bonds is 3. The number of alkyl halides is 1. The van der Waals surface area contributed by atoms with E-state index in [1.54, 1.807) is 6.92 Å². The van der Waals surface area contributed by atoms with Crippen molar-refractivity contribution < 1.29 is 18.8 Å². The quantitative estimate of drug-likeness (QED) is 0.676. The van der Waals surface area contributed by atoms with Gasteiger partial charge in [0.25, 0.3) is 0 Å². The maximum Gasteiger partial charge on any atom is 0.162 e. The van der Waals surface area contributed by atoms with Crippen molar-refractivity contribution in [2.45, 2.75) is 37.8 Å². The third-order valence-corrected chi connectivity index (χ3v) is 2.52. The summed E-state index contributed by atoms with van der Waals surface area (Å²) >= 11 is 0. The Labute approximate surface area is 74.8 Å². The van der Waals surface area contributed by atoms with Crippen LogP contribution >= 0.6 is 9.41 Å². The third kappa shape index (κ3) is 1.62. The van der Waals surface area contributed by atoms with Gasteiger partial charge in [-0.15, -0.1) is 0 Å². The van der Waals surface area contributed by atoms with Gasteiger partial charge >= 0.3 is 0 Å². The van der Waals surface area contributed by atoms with Gasteiger partial charge in [-0.1, -0.05) is 0 Å². The molecule has 0 amide bonds. The van der Waals surface area contributed by atoms with Crippen molar-refractivity contribution in [3.8, 4) is 0 Å². The van der Waals surface area contributed by atoms with Crippen LogP contribution in [0, 0.1) is 0 Å². The van der Waals surface area contributed by atoms with Gasteiger partial charge in [0.15, 0.2) is 5.67 Å². The first-order valence-corrected chi connectivity index (χ1v) is 4.22. The van der Waals surface area contributed by atoms with Crippen molar-refractivity contribution in [2.75, 3.05) is 6.61 Å². The lowest BCUT2D eigenvalue weighted by Gasteiger charge is -2.20. The molecule has 1 aliphatic heterocycles. The van der Waals surface area contributed by atoms with Crippen LogP contribution < -0.4 is 0 Å². The highest BCUT2D eigenvalue weighted by molar-refractivity contribution is 7.09. The zero-order chi connectivity index (χ0) is 10.1. The van der Waals surface area contributed by atoms with Gasteiger partial charge in [0.2, 0.25) is 0 Å². The van der Waals surface area contributed by atoms with Crippen LogP contribution in [0.25, 0.3) is 0 Å². The van der Waals surface area contributed by atoms with E-state index in [0.717, 1.165) is 0 Å². The van der Waals surface area contributed by atoms with Gasteiger partial charge in [-0.2, -0.15) is 0 Å². The second-order valence-electron chi connectivity index (χ2n) is 3.22. The van der Waals surface area contributed by atoms with E-state index in [1.807, 2.05) is 0 Å². The first kappa shape index (κ1) is 8.82. The standard InChI is InChI=1S/C7H14FO3P/c1-4-7(2,8)6(9)5(11-4)3-10-12/h4-6,9H,3,12H2,1-2H3/t4-,5+,6+,7-/m0/s1/i12D/t4-,5+,6+,7-,12?. The van der Waals surface area contributed by atoms with Crippen molar-refractivity contribution in [3.05, 3.63) is 0 Å². The minimum Gasteiger partial charge on any atom is -0.387 e. The van der Waals surface area contributed by atoms with E-state index in [1.165, 1.54) is 6.92 Å². The molecule has 1 aliphatic rings. The van der Waals surface area contributed by atoms with Crippen molar-refractivity contribution >= 4 is 9.41 Å². The highest BCUT2D eigenvalue weighted by Gasteiger charge is 2.51. The Kier molecular flexibility index (Phi) is 2.60. The monoisotopic (exact) mass is 197 g/mol. The molecule has 0 aromatic carbocycles. The summed E-state index contributed by atoms with van der Waals surface area (Å²) in [6, 6.07) is 0. The molecule has 1 heterocycles. The number of aliphatic hydroxyl groups is 1. The Morgan fingerprint density at radius 3 is 3.00 bits per heavy atom. The molecule has 1 saturated heterocycles. The van der Waals surface area contributed by atoms with Crippen LogP contribution in [0.4, 0.5) is 4.39 Å². The molecule has 0 aromatic heterocycles. The molecule has 1 rings (SSSR count). The SMILES string of the molecule is [2H]POC[C@H]1O[C@@H](C)[C@](C)(F)[C@@H]1O. The number of halogens is 1. The van der Waals surface area contributed by atoms with E-state index in [4.69, 9.17) is 10.5 Å². The normalized spacial score (nSPS) is 50.3. The zero-order valence-electron chi connectivity index (χ0n) is 8.08. The maximum atomic E-state index is 13.6. The van der Waals surface area contributed by atoms with Crippen LogP contribution in [0.15, 0.2) is 0 Å². The van der Waals surface area contributed by atoms with Gasteiger partial charge in [0.05, 0.1) is 14.0 Å². The molecule has 0 spiro atoms. The molecule has 5 heteroatoms. The molecule has 1 N–H and O–H groups in total. The summed E-state index contributed by atoms with van der Waals surface area (Å²) < 4.78 is 30.3. The summed E-state index contributed by atoms with van der Waals surface area (Å²) in [6.45, 7) is 2.96. The van der Waals surface area contributed by atoms with Crippen LogP contribution in [0.5, 0.6) is 0 Å². The highest BCUT2D eigenvalue weighted by Crippen LogP contribution is 2.34. The van der Waals surface area contributed by atoms with E-state index < -0.39 is 33.4 Å². The minimum absolute atomic E-state index is 0.0764. The van der Waals surface area contributed by atoms with Crippen LogP contribution in [-0.4, -0.2) is 37.0 Å². The van der Waals surface area contributed by atoms with Crippen molar-refractivity contribution in [2.24, 2.45) is 0 Å². The van der Waals surface area contributed by atoms with E-state index in [0.29, 0.717) is 0 Å².